The van der Waals surface area contributed by atoms with Gasteiger partial charge in [-0.25, -0.2) is 0 Å². The molecule has 17 heavy (non-hydrogen) atoms. The topological polar surface area (TPSA) is 32.3 Å². The predicted octanol–water partition coefficient (Wildman–Crippen LogP) is 1.50. The molecule has 1 atom stereocenters. The number of thiocarbonyl (C=S) groups is 1. The van der Waals surface area contributed by atoms with Gasteiger partial charge in [-0.1, -0.05) is 36.4 Å². The summed E-state index contributed by atoms with van der Waals surface area (Å²) in [5.74, 6) is 0.0266. The van der Waals surface area contributed by atoms with Crippen LogP contribution in [0.1, 0.15) is 5.56 Å². The molecular weight excluding hydrogens is 232 g/mol. The molecule has 0 aromatic heterocycles. The normalized spacial score (nSPS) is 19.3. The van der Waals surface area contributed by atoms with E-state index in [9.17, 15) is 4.79 Å². The van der Waals surface area contributed by atoms with Crippen molar-refractivity contribution in [1.29, 1.82) is 0 Å². The van der Waals surface area contributed by atoms with Crippen molar-refractivity contribution in [1.82, 2.24) is 10.2 Å². The van der Waals surface area contributed by atoms with E-state index in [2.05, 4.69) is 11.9 Å². The maximum atomic E-state index is 12.0. The first-order chi connectivity index (χ1) is 8.22. The highest BCUT2D eigenvalue weighted by Gasteiger charge is 2.34. The summed E-state index contributed by atoms with van der Waals surface area (Å²) in [6.07, 6.45) is 2.34. The third-order valence-electron chi connectivity index (χ3n) is 2.70. The molecule has 1 saturated heterocycles. The molecule has 1 fully saturated rings. The molecule has 0 bridgehead atoms. The Bertz CT molecular complexity index is 444. The largest absolute Gasteiger partial charge is 0.350 e. The van der Waals surface area contributed by atoms with E-state index in [4.69, 9.17) is 12.2 Å². The van der Waals surface area contributed by atoms with Gasteiger partial charge in [0.1, 0.15) is 6.04 Å². The minimum atomic E-state index is -0.246. The van der Waals surface area contributed by atoms with Crippen molar-refractivity contribution in [2.75, 3.05) is 6.54 Å². The van der Waals surface area contributed by atoms with Crippen LogP contribution in [0.5, 0.6) is 0 Å². The van der Waals surface area contributed by atoms with Crippen LogP contribution >= 0.6 is 12.2 Å². The number of carbonyl (C=O) groups excluding carboxylic acids is 1. The molecule has 0 spiro atoms. The maximum Gasteiger partial charge on any atom is 0.251 e. The summed E-state index contributed by atoms with van der Waals surface area (Å²) in [6.45, 7) is 4.09. The lowest BCUT2D eigenvalue weighted by atomic mass is 10.1. The Balaban J connectivity index is 2.07. The molecule has 1 heterocycles. The number of carbonyl (C=O) groups is 1. The van der Waals surface area contributed by atoms with Gasteiger partial charge in [0.25, 0.3) is 5.91 Å². The molecular formula is C13H14N2OS. The van der Waals surface area contributed by atoms with E-state index in [1.165, 1.54) is 0 Å². The van der Waals surface area contributed by atoms with Crippen molar-refractivity contribution < 1.29 is 4.79 Å². The third-order valence-corrected chi connectivity index (χ3v) is 3.04. The number of amides is 1. The Morgan fingerprint density at radius 2 is 2.12 bits per heavy atom. The molecule has 0 radical (unpaired) electrons. The lowest BCUT2D eigenvalue weighted by Gasteiger charge is -2.11. The first-order valence-electron chi connectivity index (χ1n) is 5.49. The molecule has 1 aliphatic rings. The van der Waals surface area contributed by atoms with Gasteiger partial charge in [-0.05, 0) is 17.8 Å². The summed E-state index contributed by atoms with van der Waals surface area (Å²) in [5, 5.41) is 3.54. The molecule has 1 aliphatic heterocycles. The van der Waals surface area contributed by atoms with Gasteiger partial charge < -0.3 is 5.32 Å². The lowest BCUT2D eigenvalue weighted by molar-refractivity contribution is -0.126. The number of benzene rings is 1. The zero-order valence-corrected chi connectivity index (χ0v) is 10.2. The van der Waals surface area contributed by atoms with Gasteiger partial charge in [0, 0.05) is 13.0 Å². The highest BCUT2D eigenvalue weighted by molar-refractivity contribution is 7.80. The first kappa shape index (κ1) is 11.8. The molecule has 1 aromatic rings. The second kappa shape index (κ2) is 5.10. The first-order valence-corrected chi connectivity index (χ1v) is 5.90. The number of nitrogens with one attached hydrogen (secondary N) is 1. The van der Waals surface area contributed by atoms with Crippen LogP contribution in [0, 0.1) is 0 Å². The number of rotatable bonds is 4. The van der Waals surface area contributed by atoms with Gasteiger partial charge in [0.15, 0.2) is 5.11 Å². The monoisotopic (exact) mass is 246 g/mol. The van der Waals surface area contributed by atoms with Crippen LogP contribution in [-0.4, -0.2) is 28.5 Å². The second-order valence-corrected chi connectivity index (χ2v) is 4.32. The Kier molecular flexibility index (Phi) is 3.54. The van der Waals surface area contributed by atoms with Crippen molar-refractivity contribution in [3.05, 3.63) is 48.6 Å². The standard InChI is InChI=1S/C13H14N2OS/c1-2-8-15-12(16)11(14-13(15)17)9-10-6-4-3-5-7-10/h2-7,11H,1,8-9H2,(H,14,17)/t11-/m0/s1. The van der Waals surface area contributed by atoms with Crippen LogP contribution in [0.25, 0.3) is 0 Å². The number of hydrogen-bond donors (Lipinski definition) is 1. The van der Waals surface area contributed by atoms with E-state index < -0.39 is 0 Å². The zero-order chi connectivity index (χ0) is 12.3. The van der Waals surface area contributed by atoms with Crippen LogP contribution in [-0.2, 0) is 11.2 Å². The Hall–Kier alpha value is -1.68. The average molecular weight is 246 g/mol. The molecule has 1 aromatic carbocycles. The quantitative estimate of drug-likeness (QED) is 0.645. The van der Waals surface area contributed by atoms with Gasteiger partial charge in [0.05, 0.1) is 0 Å². The average Bonchev–Trinajstić information content (AvgIpc) is 2.59. The summed E-state index contributed by atoms with van der Waals surface area (Å²) in [6, 6.07) is 9.66. The Morgan fingerprint density at radius 3 is 2.76 bits per heavy atom. The van der Waals surface area contributed by atoms with Crippen molar-refractivity contribution in [2.45, 2.75) is 12.5 Å². The zero-order valence-electron chi connectivity index (χ0n) is 9.43. The molecule has 88 valence electrons. The third kappa shape index (κ3) is 2.53. The van der Waals surface area contributed by atoms with E-state index in [1.54, 1.807) is 11.0 Å². The van der Waals surface area contributed by atoms with Gasteiger partial charge in [-0.3, -0.25) is 9.69 Å². The SMILES string of the molecule is C=CCN1C(=O)[C@H](Cc2ccccc2)NC1=S. The summed E-state index contributed by atoms with van der Waals surface area (Å²) in [7, 11) is 0. The van der Waals surface area contributed by atoms with E-state index >= 15 is 0 Å². The van der Waals surface area contributed by atoms with E-state index in [1.807, 2.05) is 30.3 Å². The van der Waals surface area contributed by atoms with Crippen molar-refractivity contribution >= 4 is 23.2 Å². The lowest BCUT2D eigenvalue weighted by Crippen LogP contribution is -2.32. The van der Waals surface area contributed by atoms with Crippen LogP contribution in [0.4, 0.5) is 0 Å². The highest BCUT2D eigenvalue weighted by atomic mass is 32.1. The molecule has 0 aliphatic carbocycles. The van der Waals surface area contributed by atoms with Crippen LogP contribution in [0.2, 0.25) is 0 Å². The van der Waals surface area contributed by atoms with Crippen molar-refractivity contribution in [2.24, 2.45) is 0 Å². The number of nitrogens with zero attached hydrogens (tertiary/aromatic N) is 1. The summed E-state index contributed by atoms with van der Waals surface area (Å²) >= 11 is 5.12. The number of hydrogen-bond acceptors (Lipinski definition) is 2. The molecule has 2 rings (SSSR count). The van der Waals surface area contributed by atoms with Crippen LogP contribution < -0.4 is 5.32 Å². The molecule has 4 heteroatoms. The van der Waals surface area contributed by atoms with Gasteiger partial charge in [-0.2, -0.15) is 0 Å². The fraction of sp³-hybridized carbons (Fsp3) is 0.231. The summed E-state index contributed by atoms with van der Waals surface area (Å²) in [5.41, 5.74) is 1.13. The molecule has 0 unspecified atom stereocenters. The van der Waals surface area contributed by atoms with E-state index in [0.29, 0.717) is 18.1 Å². The molecule has 3 nitrogen and oxygen atoms in total. The van der Waals surface area contributed by atoms with Crippen LogP contribution in [0.15, 0.2) is 43.0 Å². The summed E-state index contributed by atoms with van der Waals surface area (Å²) in [4.78, 5) is 13.6. The van der Waals surface area contributed by atoms with Gasteiger partial charge >= 0.3 is 0 Å². The molecule has 1 amide bonds. The second-order valence-electron chi connectivity index (χ2n) is 3.93. The minimum absolute atomic E-state index is 0.0266. The fourth-order valence-corrected chi connectivity index (χ4v) is 2.17. The van der Waals surface area contributed by atoms with Gasteiger partial charge in [-0.15, -0.1) is 6.58 Å². The van der Waals surface area contributed by atoms with Gasteiger partial charge in [0.2, 0.25) is 0 Å². The minimum Gasteiger partial charge on any atom is -0.350 e. The summed E-state index contributed by atoms with van der Waals surface area (Å²) < 4.78 is 0. The molecule has 0 saturated carbocycles. The van der Waals surface area contributed by atoms with Crippen molar-refractivity contribution in [3.8, 4) is 0 Å². The fourth-order valence-electron chi connectivity index (χ4n) is 1.87. The van der Waals surface area contributed by atoms with E-state index in [-0.39, 0.29) is 11.9 Å². The van der Waals surface area contributed by atoms with Crippen LogP contribution in [0.3, 0.4) is 0 Å². The smallest absolute Gasteiger partial charge is 0.251 e. The molecule has 1 N–H and O–H groups in total. The van der Waals surface area contributed by atoms with E-state index in [0.717, 1.165) is 5.56 Å². The Morgan fingerprint density at radius 1 is 1.41 bits per heavy atom. The maximum absolute atomic E-state index is 12.0. The van der Waals surface area contributed by atoms with Crippen molar-refractivity contribution in [3.63, 3.8) is 0 Å². The Labute approximate surface area is 106 Å². The highest BCUT2D eigenvalue weighted by Crippen LogP contribution is 2.12. The predicted molar refractivity (Wildman–Crippen MR) is 71.6 cm³/mol.